The second-order valence-electron chi connectivity index (χ2n) is 5.97. The first-order valence-corrected chi connectivity index (χ1v) is 8.03. The van der Waals surface area contributed by atoms with E-state index in [4.69, 9.17) is 4.74 Å². The molecular weight excluding hydrogens is 300 g/mol. The van der Waals surface area contributed by atoms with Crippen LogP contribution in [0.3, 0.4) is 0 Å². The molecule has 2 fully saturated rings. The van der Waals surface area contributed by atoms with Crippen molar-refractivity contribution in [2.75, 3.05) is 26.3 Å². The van der Waals surface area contributed by atoms with E-state index in [2.05, 4.69) is 16.7 Å². The van der Waals surface area contributed by atoms with Crippen LogP contribution in [0.15, 0.2) is 24.3 Å². The molecule has 1 aromatic rings. The quantitative estimate of drug-likeness (QED) is 0.898. The Morgan fingerprint density at radius 1 is 1.09 bits per heavy atom. The average Bonchev–Trinajstić information content (AvgIpc) is 2.56. The van der Waals surface area contributed by atoms with Crippen molar-refractivity contribution in [2.45, 2.75) is 37.6 Å². The van der Waals surface area contributed by atoms with E-state index in [1.54, 1.807) is 0 Å². The molecule has 0 aromatic heterocycles. The Labute approximate surface area is 138 Å². The van der Waals surface area contributed by atoms with Crippen LogP contribution < -0.4 is 10.6 Å². The summed E-state index contributed by atoms with van der Waals surface area (Å²) in [7, 11) is 0. The van der Waals surface area contributed by atoms with Gasteiger partial charge in [0, 0.05) is 24.8 Å². The van der Waals surface area contributed by atoms with Gasteiger partial charge >= 0.3 is 0 Å². The van der Waals surface area contributed by atoms with E-state index in [-0.39, 0.29) is 24.4 Å². The minimum absolute atomic E-state index is 0. The van der Waals surface area contributed by atoms with Gasteiger partial charge in [0.25, 0.3) is 5.91 Å². The number of hydrogen-bond donors (Lipinski definition) is 2. The van der Waals surface area contributed by atoms with Crippen LogP contribution in [0.1, 0.15) is 47.5 Å². The molecule has 0 atom stereocenters. The van der Waals surface area contributed by atoms with Crippen LogP contribution in [0.5, 0.6) is 0 Å². The van der Waals surface area contributed by atoms with E-state index in [0.717, 1.165) is 57.6 Å². The summed E-state index contributed by atoms with van der Waals surface area (Å²) in [6.07, 6.45) is 4.06. The number of amides is 1. The first kappa shape index (κ1) is 17.3. The van der Waals surface area contributed by atoms with Crippen molar-refractivity contribution in [3.63, 3.8) is 0 Å². The summed E-state index contributed by atoms with van der Waals surface area (Å²) in [6, 6.07) is 8.35. The maximum atomic E-state index is 12.6. The maximum Gasteiger partial charge on any atom is 0.251 e. The van der Waals surface area contributed by atoms with Gasteiger partial charge in [0.2, 0.25) is 0 Å². The zero-order valence-electron chi connectivity index (χ0n) is 12.8. The van der Waals surface area contributed by atoms with Crippen LogP contribution in [0.25, 0.3) is 0 Å². The topological polar surface area (TPSA) is 50.4 Å². The molecule has 22 heavy (non-hydrogen) atoms. The molecular formula is C17H25ClN2O2. The number of piperidine rings is 1. The molecule has 4 nitrogen and oxygen atoms in total. The molecule has 122 valence electrons. The first-order valence-electron chi connectivity index (χ1n) is 8.03. The Morgan fingerprint density at radius 2 is 1.77 bits per heavy atom. The number of hydrogen-bond acceptors (Lipinski definition) is 3. The lowest BCUT2D eigenvalue weighted by Gasteiger charge is -2.26. The first-order chi connectivity index (χ1) is 10.3. The number of halogens is 1. The van der Waals surface area contributed by atoms with Crippen LogP contribution in [-0.2, 0) is 4.74 Å². The van der Waals surface area contributed by atoms with Crippen molar-refractivity contribution in [3.05, 3.63) is 35.4 Å². The Balaban J connectivity index is 0.00000176. The third-order valence-corrected chi connectivity index (χ3v) is 4.54. The molecule has 2 heterocycles. The SMILES string of the molecule is Cl.O=C(NC1CCOCC1)c1ccccc1C1CCNCC1. The third kappa shape index (κ3) is 4.22. The van der Waals surface area contributed by atoms with Gasteiger partial charge in [-0.3, -0.25) is 4.79 Å². The van der Waals surface area contributed by atoms with Gasteiger partial charge < -0.3 is 15.4 Å². The Bertz CT molecular complexity index is 483. The molecule has 0 bridgehead atoms. The van der Waals surface area contributed by atoms with Gasteiger partial charge in [-0.05, 0) is 56.3 Å². The molecule has 2 aliphatic heterocycles. The van der Waals surface area contributed by atoms with Gasteiger partial charge in [-0.1, -0.05) is 18.2 Å². The molecule has 1 aromatic carbocycles. The molecule has 2 aliphatic rings. The molecule has 5 heteroatoms. The molecule has 1 amide bonds. The van der Waals surface area contributed by atoms with E-state index in [0.29, 0.717) is 5.92 Å². The monoisotopic (exact) mass is 324 g/mol. The minimum atomic E-state index is 0. The number of ether oxygens (including phenoxy) is 1. The molecule has 0 saturated carbocycles. The fourth-order valence-corrected chi connectivity index (χ4v) is 3.30. The number of benzene rings is 1. The Morgan fingerprint density at radius 3 is 2.50 bits per heavy atom. The Kier molecular flexibility index (Phi) is 6.68. The van der Waals surface area contributed by atoms with Crippen molar-refractivity contribution in [2.24, 2.45) is 0 Å². The third-order valence-electron chi connectivity index (χ3n) is 4.54. The minimum Gasteiger partial charge on any atom is -0.381 e. The van der Waals surface area contributed by atoms with Gasteiger partial charge in [-0.15, -0.1) is 12.4 Å². The number of carbonyl (C=O) groups excluding carboxylic acids is 1. The van der Waals surface area contributed by atoms with E-state index in [9.17, 15) is 4.79 Å². The van der Waals surface area contributed by atoms with E-state index >= 15 is 0 Å². The fraction of sp³-hybridized carbons (Fsp3) is 0.588. The van der Waals surface area contributed by atoms with Gasteiger partial charge in [-0.2, -0.15) is 0 Å². The summed E-state index contributed by atoms with van der Waals surface area (Å²) in [5.74, 6) is 0.582. The highest BCUT2D eigenvalue weighted by Crippen LogP contribution is 2.28. The summed E-state index contributed by atoms with van der Waals surface area (Å²) < 4.78 is 5.35. The molecule has 0 spiro atoms. The van der Waals surface area contributed by atoms with Crippen molar-refractivity contribution < 1.29 is 9.53 Å². The number of carbonyl (C=O) groups is 1. The zero-order valence-corrected chi connectivity index (χ0v) is 13.7. The summed E-state index contributed by atoms with van der Waals surface area (Å²) in [4.78, 5) is 12.6. The van der Waals surface area contributed by atoms with Crippen molar-refractivity contribution in [1.82, 2.24) is 10.6 Å². The van der Waals surface area contributed by atoms with Gasteiger partial charge in [0.1, 0.15) is 0 Å². The van der Waals surface area contributed by atoms with Gasteiger partial charge in [-0.25, -0.2) is 0 Å². The second kappa shape index (κ2) is 8.51. The predicted octanol–water partition coefficient (Wildman–Crippen LogP) is 2.48. The number of rotatable bonds is 3. The van der Waals surface area contributed by atoms with Crippen molar-refractivity contribution >= 4 is 18.3 Å². The molecule has 0 unspecified atom stereocenters. The van der Waals surface area contributed by atoms with Crippen LogP contribution in [0.2, 0.25) is 0 Å². The molecule has 2 saturated heterocycles. The second-order valence-corrected chi connectivity index (χ2v) is 5.97. The zero-order chi connectivity index (χ0) is 14.5. The highest BCUT2D eigenvalue weighted by atomic mass is 35.5. The normalized spacial score (nSPS) is 20.2. The molecule has 3 rings (SSSR count). The standard InChI is InChI=1S/C17H24N2O2.ClH/c20-17(19-14-7-11-21-12-8-14)16-4-2-1-3-15(16)13-5-9-18-10-6-13;/h1-4,13-14,18H,5-12H2,(H,19,20);1H. The highest BCUT2D eigenvalue weighted by Gasteiger charge is 2.23. The van der Waals surface area contributed by atoms with Crippen molar-refractivity contribution in [3.8, 4) is 0 Å². The van der Waals surface area contributed by atoms with E-state index < -0.39 is 0 Å². The average molecular weight is 325 g/mol. The largest absolute Gasteiger partial charge is 0.381 e. The lowest BCUT2D eigenvalue weighted by Crippen LogP contribution is -2.39. The highest BCUT2D eigenvalue weighted by molar-refractivity contribution is 5.96. The van der Waals surface area contributed by atoms with Crippen LogP contribution in [-0.4, -0.2) is 38.3 Å². The predicted molar refractivity (Wildman–Crippen MR) is 89.8 cm³/mol. The fourth-order valence-electron chi connectivity index (χ4n) is 3.30. The summed E-state index contributed by atoms with van der Waals surface area (Å²) >= 11 is 0. The smallest absolute Gasteiger partial charge is 0.251 e. The van der Waals surface area contributed by atoms with Crippen LogP contribution in [0.4, 0.5) is 0 Å². The lowest BCUT2D eigenvalue weighted by molar-refractivity contribution is 0.0695. The number of nitrogens with one attached hydrogen (secondary N) is 2. The maximum absolute atomic E-state index is 12.6. The van der Waals surface area contributed by atoms with E-state index in [1.807, 2.05) is 18.2 Å². The summed E-state index contributed by atoms with van der Waals surface area (Å²) in [5, 5.41) is 6.56. The van der Waals surface area contributed by atoms with Crippen LogP contribution in [0, 0.1) is 0 Å². The Hall–Kier alpha value is -1.10. The molecule has 2 N–H and O–H groups in total. The van der Waals surface area contributed by atoms with E-state index in [1.165, 1.54) is 5.56 Å². The molecule has 0 aliphatic carbocycles. The van der Waals surface area contributed by atoms with Crippen LogP contribution >= 0.6 is 12.4 Å². The van der Waals surface area contributed by atoms with Crippen molar-refractivity contribution in [1.29, 1.82) is 0 Å². The summed E-state index contributed by atoms with van der Waals surface area (Å²) in [5.41, 5.74) is 2.07. The summed E-state index contributed by atoms with van der Waals surface area (Å²) in [6.45, 7) is 3.59. The molecule has 0 radical (unpaired) electrons. The van der Waals surface area contributed by atoms with Gasteiger partial charge in [0.05, 0.1) is 0 Å². The van der Waals surface area contributed by atoms with Gasteiger partial charge in [0.15, 0.2) is 0 Å². The lowest BCUT2D eigenvalue weighted by atomic mass is 9.87.